The van der Waals surface area contributed by atoms with Crippen LogP contribution in [0.15, 0.2) is 35.2 Å². The molecule has 178 valence electrons. The zero-order chi connectivity index (χ0) is 23.8. The van der Waals surface area contributed by atoms with Gasteiger partial charge in [0.1, 0.15) is 0 Å². The van der Waals surface area contributed by atoms with Crippen molar-refractivity contribution in [2.75, 3.05) is 32.7 Å². The number of aryl methyl sites for hydroxylation is 3. The Labute approximate surface area is 198 Å². The highest BCUT2D eigenvalue weighted by Crippen LogP contribution is 2.30. The van der Waals surface area contributed by atoms with E-state index in [9.17, 15) is 13.2 Å². The van der Waals surface area contributed by atoms with Crippen LogP contribution in [0.25, 0.3) is 0 Å². The topological polar surface area (TPSA) is 70.9 Å². The highest BCUT2D eigenvalue weighted by Gasteiger charge is 2.34. The Hall–Kier alpha value is -2.22. The van der Waals surface area contributed by atoms with Crippen LogP contribution in [0.4, 0.5) is 0 Å². The SMILES string of the molecule is Cc1cc(C)c(C)c(S(=O)(=O)N2CC[NH+](CC(=O)N[C@@H]3CCCc4ccccc43)CC2)c1C. The largest absolute Gasteiger partial charge is 0.344 e. The van der Waals surface area contributed by atoms with Gasteiger partial charge in [-0.15, -0.1) is 0 Å². The number of hydrogen-bond acceptors (Lipinski definition) is 3. The molecule has 1 saturated heterocycles. The fraction of sp³-hybridized carbons (Fsp3) is 0.500. The third-order valence-corrected chi connectivity index (χ3v) is 9.61. The number of amides is 1. The molecule has 1 amide bonds. The molecule has 0 radical (unpaired) electrons. The van der Waals surface area contributed by atoms with Crippen LogP contribution >= 0.6 is 0 Å². The van der Waals surface area contributed by atoms with Gasteiger partial charge in [-0.05, 0) is 80.3 Å². The van der Waals surface area contributed by atoms with E-state index in [0.29, 0.717) is 37.6 Å². The molecule has 1 fully saturated rings. The zero-order valence-corrected chi connectivity index (χ0v) is 21.0. The molecule has 1 aliphatic carbocycles. The summed E-state index contributed by atoms with van der Waals surface area (Å²) in [4.78, 5) is 14.4. The predicted molar refractivity (Wildman–Crippen MR) is 130 cm³/mol. The van der Waals surface area contributed by atoms with Crippen molar-refractivity contribution in [1.82, 2.24) is 9.62 Å². The molecule has 2 aromatic rings. The highest BCUT2D eigenvalue weighted by molar-refractivity contribution is 7.89. The summed E-state index contributed by atoms with van der Waals surface area (Å²) in [5, 5.41) is 3.23. The van der Waals surface area contributed by atoms with Gasteiger partial charge in [-0.25, -0.2) is 8.42 Å². The van der Waals surface area contributed by atoms with Gasteiger partial charge < -0.3 is 10.2 Å². The van der Waals surface area contributed by atoms with Crippen LogP contribution in [0.2, 0.25) is 0 Å². The van der Waals surface area contributed by atoms with Gasteiger partial charge in [0.15, 0.2) is 6.54 Å². The fourth-order valence-electron chi connectivity index (χ4n) is 5.29. The van der Waals surface area contributed by atoms with E-state index in [0.717, 1.165) is 46.4 Å². The number of carbonyl (C=O) groups excluding carboxylic acids is 1. The molecule has 2 aromatic carbocycles. The minimum Gasteiger partial charge on any atom is -0.344 e. The first-order chi connectivity index (χ1) is 15.7. The van der Waals surface area contributed by atoms with Crippen LogP contribution in [0.3, 0.4) is 0 Å². The molecule has 1 atom stereocenters. The number of nitrogens with zero attached hydrogens (tertiary/aromatic N) is 1. The van der Waals surface area contributed by atoms with E-state index < -0.39 is 10.0 Å². The predicted octanol–water partition coefficient (Wildman–Crippen LogP) is 2.00. The van der Waals surface area contributed by atoms with Crippen LogP contribution in [0, 0.1) is 27.7 Å². The first kappa shape index (κ1) is 23.9. The summed E-state index contributed by atoms with van der Waals surface area (Å²) in [5.41, 5.74) is 6.24. The molecule has 1 aliphatic heterocycles. The maximum absolute atomic E-state index is 13.5. The number of rotatable bonds is 5. The molecule has 0 spiro atoms. The lowest BCUT2D eigenvalue weighted by Gasteiger charge is -2.33. The van der Waals surface area contributed by atoms with Gasteiger partial charge in [0.25, 0.3) is 5.91 Å². The molecule has 33 heavy (non-hydrogen) atoms. The highest BCUT2D eigenvalue weighted by atomic mass is 32.2. The van der Waals surface area contributed by atoms with Crippen molar-refractivity contribution in [3.05, 3.63) is 63.7 Å². The summed E-state index contributed by atoms with van der Waals surface area (Å²) in [6.07, 6.45) is 3.13. The van der Waals surface area contributed by atoms with E-state index in [2.05, 4.69) is 29.6 Å². The van der Waals surface area contributed by atoms with Gasteiger partial charge >= 0.3 is 0 Å². The molecule has 1 heterocycles. The first-order valence-electron chi connectivity index (χ1n) is 12.0. The Morgan fingerprint density at radius 2 is 1.70 bits per heavy atom. The molecule has 2 aliphatic rings. The fourth-order valence-corrected chi connectivity index (χ4v) is 7.31. The van der Waals surface area contributed by atoms with E-state index in [-0.39, 0.29) is 11.9 Å². The lowest BCUT2D eigenvalue weighted by molar-refractivity contribution is -0.895. The van der Waals surface area contributed by atoms with E-state index in [1.54, 1.807) is 4.31 Å². The maximum atomic E-state index is 13.5. The summed E-state index contributed by atoms with van der Waals surface area (Å²) in [6, 6.07) is 10.5. The maximum Gasteiger partial charge on any atom is 0.275 e. The standard InChI is InChI=1S/C26H35N3O3S/c1-18-16-19(2)21(4)26(20(18)3)33(31,32)29-14-12-28(13-15-29)17-25(30)27-24-11-7-9-22-8-5-6-10-23(22)24/h5-6,8,10,16,24H,7,9,11-15,17H2,1-4H3,(H,27,30)/p+1/t24-/m1/s1. The molecule has 0 bridgehead atoms. The number of carbonyl (C=O) groups is 1. The Morgan fingerprint density at radius 3 is 2.36 bits per heavy atom. The molecular weight excluding hydrogens is 434 g/mol. The first-order valence-corrected chi connectivity index (χ1v) is 13.4. The zero-order valence-electron chi connectivity index (χ0n) is 20.2. The van der Waals surface area contributed by atoms with Crippen molar-refractivity contribution >= 4 is 15.9 Å². The third-order valence-electron chi connectivity index (χ3n) is 7.44. The molecule has 0 saturated carbocycles. The number of nitrogens with one attached hydrogen (secondary N) is 2. The molecule has 0 unspecified atom stereocenters. The van der Waals surface area contributed by atoms with Crippen LogP contribution in [-0.2, 0) is 21.2 Å². The number of quaternary nitrogens is 1. The lowest BCUT2D eigenvalue weighted by atomic mass is 9.88. The van der Waals surface area contributed by atoms with Crippen molar-refractivity contribution in [1.29, 1.82) is 0 Å². The van der Waals surface area contributed by atoms with E-state index in [4.69, 9.17) is 0 Å². The summed E-state index contributed by atoms with van der Waals surface area (Å²) in [5.74, 6) is 0.0454. The average Bonchev–Trinajstić information content (AvgIpc) is 2.78. The second kappa shape index (κ2) is 9.57. The van der Waals surface area contributed by atoms with Gasteiger partial charge in [-0.2, -0.15) is 4.31 Å². The number of fused-ring (bicyclic) bond motifs is 1. The van der Waals surface area contributed by atoms with Crippen LogP contribution in [0.1, 0.15) is 52.3 Å². The van der Waals surface area contributed by atoms with Crippen molar-refractivity contribution in [3.8, 4) is 0 Å². The molecule has 0 aromatic heterocycles. The van der Waals surface area contributed by atoms with E-state index in [1.165, 1.54) is 11.1 Å². The minimum absolute atomic E-state index is 0.0454. The van der Waals surface area contributed by atoms with Crippen LogP contribution in [0.5, 0.6) is 0 Å². The summed E-state index contributed by atoms with van der Waals surface area (Å²) < 4.78 is 28.6. The van der Waals surface area contributed by atoms with Crippen molar-refractivity contribution in [3.63, 3.8) is 0 Å². The van der Waals surface area contributed by atoms with E-state index in [1.807, 2.05) is 33.8 Å². The van der Waals surface area contributed by atoms with Gasteiger partial charge in [0, 0.05) is 0 Å². The normalized spacial score (nSPS) is 19.8. The van der Waals surface area contributed by atoms with Crippen molar-refractivity contribution < 1.29 is 18.1 Å². The van der Waals surface area contributed by atoms with Gasteiger partial charge in [0.2, 0.25) is 10.0 Å². The monoisotopic (exact) mass is 470 g/mol. The Balaban J connectivity index is 1.37. The van der Waals surface area contributed by atoms with Gasteiger partial charge in [-0.3, -0.25) is 4.79 Å². The van der Waals surface area contributed by atoms with Crippen LogP contribution < -0.4 is 10.2 Å². The minimum atomic E-state index is -3.56. The van der Waals surface area contributed by atoms with Gasteiger partial charge in [-0.1, -0.05) is 30.3 Å². The van der Waals surface area contributed by atoms with Crippen molar-refractivity contribution in [2.24, 2.45) is 0 Å². The Kier molecular flexibility index (Phi) is 6.93. The molecule has 7 heteroatoms. The lowest BCUT2D eigenvalue weighted by Crippen LogP contribution is -3.15. The molecule has 2 N–H and O–H groups in total. The number of sulfonamides is 1. The molecule has 4 rings (SSSR count). The summed E-state index contributed by atoms with van der Waals surface area (Å²) in [6.45, 7) is 10.2. The van der Waals surface area contributed by atoms with E-state index >= 15 is 0 Å². The van der Waals surface area contributed by atoms with Crippen molar-refractivity contribution in [2.45, 2.75) is 57.9 Å². The summed E-state index contributed by atoms with van der Waals surface area (Å²) >= 11 is 0. The summed E-state index contributed by atoms with van der Waals surface area (Å²) in [7, 11) is -3.56. The molecule has 6 nitrogen and oxygen atoms in total. The number of piperazine rings is 1. The third kappa shape index (κ3) is 4.86. The number of hydrogen-bond donors (Lipinski definition) is 2. The second-order valence-electron chi connectivity index (χ2n) is 9.63. The Morgan fingerprint density at radius 1 is 1.06 bits per heavy atom. The van der Waals surface area contributed by atoms with Gasteiger partial charge in [0.05, 0.1) is 37.1 Å². The number of benzene rings is 2. The Bertz CT molecular complexity index is 1130. The average molecular weight is 471 g/mol. The quantitative estimate of drug-likeness (QED) is 0.702. The smallest absolute Gasteiger partial charge is 0.275 e. The second-order valence-corrected chi connectivity index (χ2v) is 11.5. The molecular formula is C26H36N3O3S+. The van der Waals surface area contributed by atoms with Crippen LogP contribution in [-0.4, -0.2) is 51.4 Å².